The number of fused-ring (bicyclic) bond motifs is 1. The molecule has 22 heavy (non-hydrogen) atoms. The molecule has 0 aliphatic carbocycles. The maximum atomic E-state index is 12.3. The van der Waals surface area contributed by atoms with Crippen LogP contribution in [0.25, 0.3) is 5.65 Å². The van der Waals surface area contributed by atoms with Crippen LogP contribution in [0.2, 0.25) is 0 Å². The fraction of sp³-hybridized carbons (Fsp3) is 0.235. The standard InChI is InChI=1S/C17H18N4O/c1-3-13-7-9-14(10-8-13)17(22)18-12(2)16-20-19-15-6-4-5-11-21(15)16/h4-12H,3H2,1-2H3,(H,18,22)/t12-/m0/s1. The number of aromatic nitrogens is 3. The smallest absolute Gasteiger partial charge is 0.251 e. The molecule has 5 nitrogen and oxygen atoms in total. The number of nitrogens with one attached hydrogen (secondary N) is 1. The van der Waals surface area contributed by atoms with E-state index in [1.807, 2.05) is 60.0 Å². The van der Waals surface area contributed by atoms with E-state index < -0.39 is 0 Å². The van der Waals surface area contributed by atoms with Crippen LogP contribution in [0.4, 0.5) is 0 Å². The molecular formula is C17H18N4O. The van der Waals surface area contributed by atoms with Crippen molar-refractivity contribution in [3.8, 4) is 0 Å². The molecular weight excluding hydrogens is 276 g/mol. The lowest BCUT2D eigenvalue weighted by Gasteiger charge is -2.12. The first kappa shape index (κ1) is 14.3. The van der Waals surface area contributed by atoms with E-state index in [9.17, 15) is 4.79 Å². The third kappa shape index (κ3) is 2.70. The van der Waals surface area contributed by atoms with Crippen molar-refractivity contribution in [1.29, 1.82) is 0 Å². The zero-order chi connectivity index (χ0) is 15.5. The Bertz CT molecular complexity index is 792. The highest BCUT2D eigenvalue weighted by molar-refractivity contribution is 5.94. The average Bonchev–Trinajstić information content (AvgIpc) is 2.99. The number of hydrogen-bond donors (Lipinski definition) is 1. The molecule has 112 valence electrons. The maximum absolute atomic E-state index is 12.3. The highest BCUT2D eigenvalue weighted by atomic mass is 16.1. The van der Waals surface area contributed by atoms with E-state index in [0.717, 1.165) is 12.1 Å². The minimum Gasteiger partial charge on any atom is -0.342 e. The number of nitrogens with zero attached hydrogens (tertiary/aromatic N) is 3. The van der Waals surface area contributed by atoms with Crippen LogP contribution in [0, 0.1) is 0 Å². The summed E-state index contributed by atoms with van der Waals surface area (Å²) in [5.74, 6) is 0.608. The fourth-order valence-electron chi connectivity index (χ4n) is 2.39. The van der Waals surface area contributed by atoms with Crippen LogP contribution in [0.3, 0.4) is 0 Å². The third-order valence-corrected chi connectivity index (χ3v) is 3.70. The van der Waals surface area contributed by atoms with E-state index >= 15 is 0 Å². The monoisotopic (exact) mass is 294 g/mol. The molecule has 0 bridgehead atoms. The summed E-state index contributed by atoms with van der Waals surface area (Å²) < 4.78 is 1.88. The predicted octanol–water partition coefficient (Wildman–Crippen LogP) is 2.78. The van der Waals surface area contributed by atoms with E-state index in [1.165, 1.54) is 5.56 Å². The van der Waals surface area contributed by atoms with Gasteiger partial charge >= 0.3 is 0 Å². The lowest BCUT2D eigenvalue weighted by atomic mass is 10.1. The van der Waals surface area contributed by atoms with E-state index in [-0.39, 0.29) is 11.9 Å². The molecule has 3 rings (SSSR count). The van der Waals surface area contributed by atoms with Gasteiger partial charge in [0, 0.05) is 11.8 Å². The van der Waals surface area contributed by atoms with Gasteiger partial charge in [0.2, 0.25) is 0 Å². The predicted molar refractivity (Wildman–Crippen MR) is 84.7 cm³/mol. The summed E-state index contributed by atoms with van der Waals surface area (Å²) in [5, 5.41) is 11.2. The van der Waals surface area contributed by atoms with Gasteiger partial charge in [-0.1, -0.05) is 25.1 Å². The Balaban J connectivity index is 1.78. The zero-order valence-corrected chi connectivity index (χ0v) is 12.7. The lowest BCUT2D eigenvalue weighted by molar-refractivity contribution is 0.0938. The molecule has 0 aliphatic rings. The second-order valence-electron chi connectivity index (χ2n) is 5.23. The highest BCUT2D eigenvalue weighted by Crippen LogP contribution is 2.13. The average molecular weight is 294 g/mol. The van der Waals surface area contributed by atoms with Crippen molar-refractivity contribution in [3.63, 3.8) is 0 Å². The van der Waals surface area contributed by atoms with E-state index in [1.54, 1.807) is 0 Å². The van der Waals surface area contributed by atoms with Gasteiger partial charge in [0.15, 0.2) is 11.5 Å². The number of pyridine rings is 1. The van der Waals surface area contributed by atoms with Crippen molar-refractivity contribution in [2.45, 2.75) is 26.3 Å². The number of carbonyl (C=O) groups excluding carboxylic acids is 1. The van der Waals surface area contributed by atoms with Crippen LogP contribution in [-0.2, 0) is 6.42 Å². The van der Waals surface area contributed by atoms with Crippen molar-refractivity contribution in [1.82, 2.24) is 19.9 Å². The summed E-state index contributed by atoms with van der Waals surface area (Å²) in [7, 11) is 0. The number of hydrogen-bond acceptors (Lipinski definition) is 3. The summed E-state index contributed by atoms with van der Waals surface area (Å²) >= 11 is 0. The fourth-order valence-corrected chi connectivity index (χ4v) is 2.39. The Labute approximate surface area is 129 Å². The molecule has 5 heteroatoms. The molecule has 3 aromatic rings. The van der Waals surface area contributed by atoms with Gasteiger partial charge in [0.25, 0.3) is 5.91 Å². The molecule has 0 saturated carbocycles. The van der Waals surface area contributed by atoms with Gasteiger partial charge in [0.1, 0.15) is 0 Å². The van der Waals surface area contributed by atoms with Crippen LogP contribution < -0.4 is 5.32 Å². The summed E-state index contributed by atoms with van der Waals surface area (Å²) in [4.78, 5) is 12.3. The molecule has 2 heterocycles. The highest BCUT2D eigenvalue weighted by Gasteiger charge is 2.16. The van der Waals surface area contributed by atoms with E-state index in [4.69, 9.17) is 0 Å². The van der Waals surface area contributed by atoms with Gasteiger partial charge in [-0.05, 0) is 43.2 Å². The first-order valence-electron chi connectivity index (χ1n) is 7.38. The van der Waals surface area contributed by atoms with Crippen molar-refractivity contribution < 1.29 is 4.79 Å². The second-order valence-corrected chi connectivity index (χ2v) is 5.23. The Kier molecular flexibility index (Phi) is 3.87. The Morgan fingerprint density at radius 3 is 2.68 bits per heavy atom. The normalized spacial score (nSPS) is 12.3. The molecule has 1 N–H and O–H groups in total. The number of rotatable bonds is 4. The van der Waals surface area contributed by atoms with Crippen LogP contribution in [-0.4, -0.2) is 20.5 Å². The minimum atomic E-state index is -0.226. The van der Waals surface area contributed by atoms with Gasteiger partial charge in [-0.3, -0.25) is 9.20 Å². The lowest BCUT2D eigenvalue weighted by Crippen LogP contribution is -2.28. The third-order valence-electron chi connectivity index (χ3n) is 3.70. The van der Waals surface area contributed by atoms with Gasteiger partial charge in [-0.2, -0.15) is 0 Å². The number of carbonyl (C=O) groups is 1. The SMILES string of the molecule is CCc1ccc(C(=O)N[C@@H](C)c2nnc3ccccn23)cc1. The van der Waals surface area contributed by atoms with Crippen molar-refractivity contribution in [3.05, 3.63) is 65.6 Å². The summed E-state index contributed by atoms with van der Waals surface area (Å²) in [6.45, 7) is 4.00. The molecule has 0 spiro atoms. The number of amides is 1. The molecule has 0 unspecified atom stereocenters. The Morgan fingerprint density at radius 1 is 1.18 bits per heavy atom. The second kappa shape index (κ2) is 5.97. The summed E-state index contributed by atoms with van der Waals surface area (Å²) in [5.41, 5.74) is 2.64. The molecule has 0 saturated heterocycles. The molecule has 1 amide bonds. The Morgan fingerprint density at radius 2 is 1.95 bits per heavy atom. The van der Waals surface area contributed by atoms with Crippen LogP contribution in [0.15, 0.2) is 48.7 Å². The number of benzene rings is 1. The van der Waals surface area contributed by atoms with E-state index in [2.05, 4.69) is 22.4 Å². The first-order chi connectivity index (χ1) is 10.7. The molecule has 0 fully saturated rings. The minimum absolute atomic E-state index is 0.108. The molecule has 2 aromatic heterocycles. The van der Waals surface area contributed by atoms with Crippen molar-refractivity contribution >= 4 is 11.6 Å². The molecule has 0 aliphatic heterocycles. The maximum Gasteiger partial charge on any atom is 0.251 e. The topological polar surface area (TPSA) is 59.3 Å². The largest absolute Gasteiger partial charge is 0.342 e. The quantitative estimate of drug-likeness (QED) is 0.805. The van der Waals surface area contributed by atoms with Crippen LogP contribution in [0.5, 0.6) is 0 Å². The first-order valence-corrected chi connectivity index (χ1v) is 7.38. The van der Waals surface area contributed by atoms with E-state index in [0.29, 0.717) is 11.4 Å². The zero-order valence-electron chi connectivity index (χ0n) is 12.7. The van der Waals surface area contributed by atoms with Gasteiger partial charge in [-0.25, -0.2) is 0 Å². The van der Waals surface area contributed by atoms with Crippen LogP contribution in [0.1, 0.15) is 41.6 Å². The van der Waals surface area contributed by atoms with Gasteiger partial charge in [0.05, 0.1) is 6.04 Å². The molecule has 1 aromatic carbocycles. The van der Waals surface area contributed by atoms with Gasteiger partial charge < -0.3 is 5.32 Å². The van der Waals surface area contributed by atoms with Crippen LogP contribution >= 0.6 is 0 Å². The Hall–Kier alpha value is -2.69. The number of aryl methyl sites for hydroxylation is 1. The van der Waals surface area contributed by atoms with Gasteiger partial charge in [-0.15, -0.1) is 10.2 Å². The molecule has 0 radical (unpaired) electrons. The molecule has 1 atom stereocenters. The summed E-state index contributed by atoms with van der Waals surface area (Å²) in [6, 6.07) is 13.1. The summed E-state index contributed by atoms with van der Waals surface area (Å²) in [6.07, 6.45) is 2.85. The van der Waals surface area contributed by atoms with Crippen molar-refractivity contribution in [2.24, 2.45) is 0 Å². The van der Waals surface area contributed by atoms with Crippen molar-refractivity contribution in [2.75, 3.05) is 0 Å².